The SMILES string of the molecule is CCC[C@H](C)CCC[C@H](C)CCC[C@@H](C)CCC[C@H](C)CCCC(C)C. The van der Waals surface area contributed by atoms with E-state index in [4.69, 9.17) is 0 Å². The molecule has 0 aliphatic rings. The maximum atomic E-state index is 2.49. The third-order valence-electron chi connectivity index (χ3n) is 6.44. The summed E-state index contributed by atoms with van der Waals surface area (Å²) in [5.74, 6) is 4.65. The summed E-state index contributed by atoms with van der Waals surface area (Å²) in [4.78, 5) is 0. The fourth-order valence-corrected chi connectivity index (χ4v) is 4.39. The van der Waals surface area contributed by atoms with E-state index >= 15 is 0 Å². The molecule has 0 unspecified atom stereocenters. The summed E-state index contributed by atoms with van der Waals surface area (Å²) in [6.45, 7) is 16.9. The van der Waals surface area contributed by atoms with Crippen LogP contribution in [-0.2, 0) is 0 Å². The lowest BCUT2D eigenvalue weighted by atomic mass is 9.89. The smallest absolute Gasteiger partial charge is 0.0443 e. The highest BCUT2D eigenvalue weighted by Gasteiger charge is 2.09. The van der Waals surface area contributed by atoms with Crippen molar-refractivity contribution in [3.63, 3.8) is 0 Å². The first-order valence-electron chi connectivity index (χ1n) is 12.3. The van der Waals surface area contributed by atoms with Gasteiger partial charge in [-0.15, -0.1) is 0 Å². The molecule has 4 atom stereocenters. The van der Waals surface area contributed by atoms with E-state index in [0.29, 0.717) is 0 Å². The Morgan fingerprint density at radius 2 is 0.654 bits per heavy atom. The molecule has 0 aromatic heterocycles. The molecule has 0 bridgehead atoms. The highest BCUT2D eigenvalue weighted by atomic mass is 14.1. The minimum absolute atomic E-state index is 0.879. The molecule has 0 saturated carbocycles. The van der Waals surface area contributed by atoms with Crippen LogP contribution in [0.25, 0.3) is 0 Å². The van der Waals surface area contributed by atoms with Crippen LogP contribution in [-0.4, -0.2) is 0 Å². The Balaban J connectivity index is 3.53. The molecule has 0 rings (SSSR count). The Morgan fingerprint density at radius 3 is 0.923 bits per heavy atom. The summed E-state index contributed by atoms with van der Waals surface area (Å²) in [7, 11) is 0. The molecule has 158 valence electrons. The lowest BCUT2D eigenvalue weighted by Crippen LogP contribution is -2.02. The van der Waals surface area contributed by atoms with Gasteiger partial charge in [-0.2, -0.15) is 0 Å². The molecule has 0 fully saturated rings. The summed E-state index contributed by atoms with van der Waals surface area (Å²) < 4.78 is 0. The van der Waals surface area contributed by atoms with E-state index in [1.807, 2.05) is 0 Å². The van der Waals surface area contributed by atoms with Crippen molar-refractivity contribution >= 4 is 0 Å². The number of hydrogen-bond acceptors (Lipinski definition) is 0. The monoisotopic (exact) mass is 366 g/mol. The van der Waals surface area contributed by atoms with Crippen LogP contribution in [0.2, 0.25) is 0 Å². The van der Waals surface area contributed by atoms with Crippen molar-refractivity contribution in [1.29, 1.82) is 0 Å². The number of hydrogen-bond donors (Lipinski definition) is 0. The van der Waals surface area contributed by atoms with Crippen LogP contribution in [0, 0.1) is 29.6 Å². The van der Waals surface area contributed by atoms with Gasteiger partial charge < -0.3 is 0 Å². The highest BCUT2D eigenvalue weighted by Crippen LogP contribution is 2.24. The first-order valence-corrected chi connectivity index (χ1v) is 12.3. The van der Waals surface area contributed by atoms with Gasteiger partial charge in [0.25, 0.3) is 0 Å². The topological polar surface area (TPSA) is 0 Å². The van der Waals surface area contributed by atoms with Crippen molar-refractivity contribution in [2.24, 2.45) is 29.6 Å². The molecule has 0 N–H and O–H groups in total. The second kappa shape index (κ2) is 17.1. The van der Waals surface area contributed by atoms with Crippen LogP contribution in [0.4, 0.5) is 0 Å². The van der Waals surface area contributed by atoms with Gasteiger partial charge >= 0.3 is 0 Å². The highest BCUT2D eigenvalue weighted by molar-refractivity contribution is 4.62. The molecule has 0 amide bonds. The van der Waals surface area contributed by atoms with Crippen molar-refractivity contribution in [3.05, 3.63) is 0 Å². The first kappa shape index (κ1) is 26.0. The molecule has 0 spiro atoms. The molecule has 26 heavy (non-hydrogen) atoms. The second-order valence-electron chi connectivity index (χ2n) is 10.3. The third-order valence-corrected chi connectivity index (χ3v) is 6.44. The van der Waals surface area contributed by atoms with Crippen LogP contribution >= 0.6 is 0 Å². The number of rotatable bonds is 18. The largest absolute Gasteiger partial charge is 0.0654 e. The molecule has 0 aliphatic heterocycles. The molecule has 0 saturated heterocycles. The van der Waals surface area contributed by atoms with Crippen LogP contribution in [0.15, 0.2) is 0 Å². The summed E-state index contributed by atoms with van der Waals surface area (Å²) in [5.41, 5.74) is 0. The van der Waals surface area contributed by atoms with E-state index < -0.39 is 0 Å². The minimum Gasteiger partial charge on any atom is -0.0654 e. The average Bonchev–Trinajstić information content (AvgIpc) is 2.54. The van der Waals surface area contributed by atoms with E-state index in [-0.39, 0.29) is 0 Å². The van der Waals surface area contributed by atoms with E-state index in [1.54, 1.807) is 0 Å². The molecule has 0 aromatic carbocycles. The Kier molecular flexibility index (Phi) is 17.1. The quantitative estimate of drug-likeness (QED) is 0.226. The molecule has 0 heterocycles. The van der Waals surface area contributed by atoms with Crippen molar-refractivity contribution in [2.75, 3.05) is 0 Å². The predicted molar refractivity (Wildman–Crippen MR) is 122 cm³/mol. The van der Waals surface area contributed by atoms with Gasteiger partial charge in [-0.05, 0) is 29.6 Å². The standard InChI is InChI=1S/C26H54/c1-8-13-23(4)16-10-17-25(6)20-12-21-26(7)19-11-18-24(5)15-9-14-22(2)3/h22-26H,8-21H2,1-7H3/t23-,24+,25-,26-/m0/s1. The van der Waals surface area contributed by atoms with Crippen molar-refractivity contribution in [1.82, 2.24) is 0 Å². The zero-order valence-corrected chi connectivity index (χ0v) is 19.8. The Morgan fingerprint density at radius 1 is 0.385 bits per heavy atom. The molecule has 0 radical (unpaired) electrons. The van der Waals surface area contributed by atoms with Gasteiger partial charge in [0.1, 0.15) is 0 Å². The second-order valence-corrected chi connectivity index (χ2v) is 10.3. The zero-order valence-electron chi connectivity index (χ0n) is 19.8. The molecule has 0 nitrogen and oxygen atoms in total. The van der Waals surface area contributed by atoms with E-state index in [1.165, 1.54) is 89.9 Å². The molecule has 0 aliphatic carbocycles. The third kappa shape index (κ3) is 17.4. The normalized spacial score (nSPS) is 16.6. The van der Waals surface area contributed by atoms with E-state index in [2.05, 4.69) is 48.5 Å². The predicted octanol–water partition coefficient (Wildman–Crippen LogP) is 9.67. The summed E-state index contributed by atoms with van der Waals surface area (Å²) in [5, 5.41) is 0. The average molecular weight is 367 g/mol. The summed E-state index contributed by atoms with van der Waals surface area (Å²) >= 11 is 0. The fraction of sp³-hybridized carbons (Fsp3) is 1.00. The van der Waals surface area contributed by atoms with Gasteiger partial charge in [-0.3, -0.25) is 0 Å². The van der Waals surface area contributed by atoms with E-state index in [9.17, 15) is 0 Å². The van der Waals surface area contributed by atoms with Crippen LogP contribution < -0.4 is 0 Å². The maximum absolute atomic E-state index is 2.49. The van der Waals surface area contributed by atoms with Crippen LogP contribution in [0.5, 0.6) is 0 Å². The molecule has 0 heteroatoms. The Hall–Kier alpha value is 0. The fourth-order valence-electron chi connectivity index (χ4n) is 4.39. The summed E-state index contributed by atoms with van der Waals surface area (Å²) in [6, 6.07) is 0. The van der Waals surface area contributed by atoms with Crippen molar-refractivity contribution in [2.45, 2.75) is 138 Å². The Labute approximate surface area is 168 Å². The van der Waals surface area contributed by atoms with Crippen LogP contribution in [0.1, 0.15) is 138 Å². The maximum Gasteiger partial charge on any atom is -0.0443 e. The van der Waals surface area contributed by atoms with Gasteiger partial charge in [0.05, 0.1) is 0 Å². The van der Waals surface area contributed by atoms with Crippen molar-refractivity contribution < 1.29 is 0 Å². The van der Waals surface area contributed by atoms with Gasteiger partial charge in [0.2, 0.25) is 0 Å². The Bertz CT molecular complexity index is 280. The van der Waals surface area contributed by atoms with Gasteiger partial charge in [0.15, 0.2) is 0 Å². The van der Waals surface area contributed by atoms with Gasteiger partial charge in [0, 0.05) is 0 Å². The van der Waals surface area contributed by atoms with Gasteiger partial charge in [-0.1, -0.05) is 138 Å². The summed E-state index contributed by atoms with van der Waals surface area (Å²) in [6.07, 6.45) is 20.1. The van der Waals surface area contributed by atoms with Crippen molar-refractivity contribution in [3.8, 4) is 0 Å². The van der Waals surface area contributed by atoms with Gasteiger partial charge in [-0.25, -0.2) is 0 Å². The van der Waals surface area contributed by atoms with Crippen LogP contribution in [0.3, 0.4) is 0 Å². The molecule has 0 aromatic rings. The lowest BCUT2D eigenvalue weighted by molar-refractivity contribution is 0.365. The zero-order chi connectivity index (χ0) is 19.8. The first-order chi connectivity index (χ1) is 12.3. The molecular weight excluding hydrogens is 312 g/mol. The minimum atomic E-state index is 0.879. The van der Waals surface area contributed by atoms with E-state index in [0.717, 1.165) is 29.6 Å². The lowest BCUT2D eigenvalue weighted by Gasteiger charge is -2.17. The molecular formula is C26H54.